The van der Waals surface area contributed by atoms with E-state index in [0.29, 0.717) is 25.9 Å². The van der Waals surface area contributed by atoms with Crippen molar-refractivity contribution in [1.82, 2.24) is 14.6 Å². The molecule has 5 nitrogen and oxygen atoms in total. The van der Waals surface area contributed by atoms with E-state index < -0.39 is 5.25 Å². The van der Waals surface area contributed by atoms with Crippen LogP contribution in [0.25, 0.3) is 15.2 Å². The molecule has 1 atom stereocenters. The lowest BCUT2D eigenvalue weighted by molar-refractivity contribution is -0.115. The van der Waals surface area contributed by atoms with Gasteiger partial charge in [0.15, 0.2) is 5.16 Å². The second kappa shape index (κ2) is 7.48. The molecule has 0 bridgehead atoms. The molecule has 2 aromatic carbocycles. The van der Waals surface area contributed by atoms with Crippen LogP contribution >= 0.6 is 57.9 Å². The molecule has 1 N–H and O–H groups in total. The number of hydrogen-bond acceptors (Lipinski definition) is 5. The highest BCUT2D eigenvalue weighted by molar-refractivity contribution is 8.00. The third-order valence-corrected chi connectivity index (χ3v) is 6.92. The van der Waals surface area contributed by atoms with Gasteiger partial charge in [0.05, 0.1) is 36.2 Å². The zero-order valence-corrected chi connectivity index (χ0v) is 17.6. The number of para-hydroxylation sites is 1. The predicted molar refractivity (Wildman–Crippen MR) is 114 cm³/mol. The molecular weight excluding hydrogens is 447 g/mol. The molecule has 0 saturated carbocycles. The molecule has 4 aromatic rings. The van der Waals surface area contributed by atoms with Crippen molar-refractivity contribution in [2.24, 2.45) is 0 Å². The Bertz CT molecular complexity index is 1170. The van der Waals surface area contributed by atoms with E-state index in [2.05, 4.69) is 15.5 Å². The molecule has 2 aromatic heterocycles. The number of benzene rings is 2. The first-order chi connectivity index (χ1) is 12.9. The summed E-state index contributed by atoms with van der Waals surface area (Å²) in [5, 5.41) is 12.4. The Morgan fingerprint density at radius 1 is 1.15 bits per heavy atom. The second-order valence-corrected chi connectivity index (χ2v) is 9.20. The molecule has 2 heterocycles. The number of aromatic nitrogens is 3. The monoisotopic (exact) mass is 456 g/mol. The molecule has 1 amide bonds. The van der Waals surface area contributed by atoms with Gasteiger partial charge in [-0.2, -0.15) is 0 Å². The van der Waals surface area contributed by atoms with Gasteiger partial charge in [-0.05, 0) is 31.2 Å². The van der Waals surface area contributed by atoms with Gasteiger partial charge in [0, 0.05) is 0 Å². The number of fused-ring (bicyclic) bond motifs is 3. The lowest BCUT2D eigenvalue weighted by Gasteiger charge is -2.12. The van der Waals surface area contributed by atoms with E-state index in [9.17, 15) is 4.79 Å². The highest BCUT2D eigenvalue weighted by Crippen LogP contribution is 2.34. The van der Waals surface area contributed by atoms with E-state index in [4.69, 9.17) is 34.8 Å². The molecule has 4 rings (SSSR count). The normalized spacial score (nSPS) is 12.6. The van der Waals surface area contributed by atoms with Gasteiger partial charge >= 0.3 is 0 Å². The summed E-state index contributed by atoms with van der Waals surface area (Å²) in [6.07, 6.45) is 0. The van der Waals surface area contributed by atoms with Crippen molar-refractivity contribution in [3.8, 4) is 0 Å². The number of rotatable bonds is 4. The van der Waals surface area contributed by atoms with Crippen LogP contribution in [0.2, 0.25) is 15.1 Å². The Labute approximate surface area is 177 Å². The standard InChI is InChI=1S/C17H11Cl3N4OS2/c1-8(15(25)21-12-7-10(19)9(18)6-11(12)20)26-16-22-23-17-24(16)13-4-2-3-5-14(13)27-17/h2-8H,1H3,(H,21,25)/t8-/m0/s1. The zero-order chi connectivity index (χ0) is 19.1. The van der Waals surface area contributed by atoms with Crippen molar-refractivity contribution in [2.75, 3.05) is 5.32 Å². The van der Waals surface area contributed by atoms with Crippen LogP contribution in [0, 0.1) is 0 Å². The van der Waals surface area contributed by atoms with Crippen LogP contribution in [0.4, 0.5) is 5.69 Å². The quantitative estimate of drug-likeness (QED) is 0.300. The van der Waals surface area contributed by atoms with Crippen LogP contribution in [0.1, 0.15) is 6.92 Å². The molecule has 0 aliphatic rings. The van der Waals surface area contributed by atoms with Crippen molar-refractivity contribution in [1.29, 1.82) is 0 Å². The molecule has 0 spiro atoms. The smallest absolute Gasteiger partial charge is 0.237 e. The van der Waals surface area contributed by atoms with Gasteiger partial charge in [0.2, 0.25) is 10.9 Å². The molecule has 27 heavy (non-hydrogen) atoms. The summed E-state index contributed by atoms with van der Waals surface area (Å²) in [5.74, 6) is -0.225. The molecule has 0 radical (unpaired) electrons. The average molecular weight is 458 g/mol. The maximum atomic E-state index is 12.6. The number of amides is 1. The molecule has 0 unspecified atom stereocenters. The Kier molecular flexibility index (Phi) is 5.22. The van der Waals surface area contributed by atoms with Gasteiger partial charge in [-0.15, -0.1) is 10.2 Å². The summed E-state index contributed by atoms with van der Waals surface area (Å²) in [6.45, 7) is 1.79. The van der Waals surface area contributed by atoms with Crippen LogP contribution in [-0.2, 0) is 4.79 Å². The van der Waals surface area contributed by atoms with Crippen molar-refractivity contribution >= 4 is 84.7 Å². The summed E-state index contributed by atoms with van der Waals surface area (Å²) >= 11 is 20.9. The van der Waals surface area contributed by atoms with Crippen molar-refractivity contribution in [2.45, 2.75) is 17.3 Å². The van der Waals surface area contributed by atoms with Gasteiger partial charge < -0.3 is 5.32 Å². The fourth-order valence-electron chi connectivity index (χ4n) is 2.50. The Balaban J connectivity index is 1.57. The number of thioether (sulfide) groups is 1. The lowest BCUT2D eigenvalue weighted by atomic mass is 10.3. The minimum atomic E-state index is -0.429. The summed E-state index contributed by atoms with van der Waals surface area (Å²) in [5.41, 5.74) is 1.43. The van der Waals surface area contributed by atoms with Gasteiger partial charge in [-0.3, -0.25) is 9.20 Å². The maximum Gasteiger partial charge on any atom is 0.237 e. The topological polar surface area (TPSA) is 59.3 Å². The lowest BCUT2D eigenvalue weighted by Crippen LogP contribution is -2.22. The molecule has 0 aliphatic carbocycles. The van der Waals surface area contributed by atoms with Crippen LogP contribution < -0.4 is 5.32 Å². The summed E-state index contributed by atoms with van der Waals surface area (Å²) < 4.78 is 3.07. The van der Waals surface area contributed by atoms with Crippen LogP contribution in [0.3, 0.4) is 0 Å². The van der Waals surface area contributed by atoms with Gasteiger partial charge in [-0.1, -0.05) is 70.0 Å². The number of carbonyl (C=O) groups excluding carboxylic acids is 1. The number of halogens is 3. The van der Waals surface area contributed by atoms with E-state index in [0.717, 1.165) is 15.2 Å². The Morgan fingerprint density at radius 2 is 1.89 bits per heavy atom. The molecular formula is C17H11Cl3N4OS2. The molecule has 0 fully saturated rings. The van der Waals surface area contributed by atoms with Gasteiger partial charge in [-0.25, -0.2) is 0 Å². The number of thiazole rings is 1. The zero-order valence-electron chi connectivity index (χ0n) is 13.7. The highest BCUT2D eigenvalue weighted by atomic mass is 35.5. The SMILES string of the molecule is C[C@H](Sc1nnc2sc3ccccc3n12)C(=O)Nc1cc(Cl)c(Cl)cc1Cl. The third kappa shape index (κ3) is 3.62. The molecule has 0 saturated heterocycles. The van der Waals surface area contributed by atoms with E-state index in [1.807, 2.05) is 28.7 Å². The summed E-state index contributed by atoms with van der Waals surface area (Å²) in [4.78, 5) is 13.4. The van der Waals surface area contributed by atoms with E-state index >= 15 is 0 Å². The second-order valence-electron chi connectivity index (χ2n) is 5.67. The fourth-order valence-corrected chi connectivity index (χ4v) is 4.97. The van der Waals surface area contributed by atoms with Gasteiger partial charge in [0.1, 0.15) is 0 Å². The largest absolute Gasteiger partial charge is 0.324 e. The van der Waals surface area contributed by atoms with Crippen LogP contribution in [0.5, 0.6) is 0 Å². The maximum absolute atomic E-state index is 12.6. The first kappa shape index (κ1) is 18.8. The van der Waals surface area contributed by atoms with Crippen molar-refractivity contribution < 1.29 is 4.79 Å². The third-order valence-electron chi connectivity index (χ3n) is 3.83. The number of nitrogens with one attached hydrogen (secondary N) is 1. The molecule has 10 heteroatoms. The van der Waals surface area contributed by atoms with E-state index in [1.54, 1.807) is 18.3 Å². The summed E-state index contributed by atoms with van der Waals surface area (Å²) in [6, 6.07) is 11.0. The minimum Gasteiger partial charge on any atom is -0.324 e. The number of carbonyl (C=O) groups is 1. The van der Waals surface area contributed by atoms with Crippen molar-refractivity contribution in [3.63, 3.8) is 0 Å². The minimum absolute atomic E-state index is 0.225. The number of anilines is 1. The number of nitrogens with zero attached hydrogens (tertiary/aromatic N) is 3. The predicted octanol–water partition coefficient (Wildman–Crippen LogP) is 6.02. The first-order valence-electron chi connectivity index (χ1n) is 7.79. The Hall–Kier alpha value is -1.51. The van der Waals surface area contributed by atoms with Crippen molar-refractivity contribution in [3.05, 3.63) is 51.5 Å². The average Bonchev–Trinajstić information content (AvgIpc) is 3.19. The van der Waals surface area contributed by atoms with Crippen LogP contribution in [0.15, 0.2) is 41.6 Å². The molecule has 0 aliphatic heterocycles. The molecule has 138 valence electrons. The summed E-state index contributed by atoms with van der Waals surface area (Å²) in [7, 11) is 0. The van der Waals surface area contributed by atoms with Crippen LogP contribution in [-0.4, -0.2) is 25.8 Å². The number of hydrogen-bond donors (Lipinski definition) is 1. The Morgan fingerprint density at radius 3 is 2.70 bits per heavy atom. The first-order valence-corrected chi connectivity index (χ1v) is 10.6. The van der Waals surface area contributed by atoms with E-state index in [1.165, 1.54) is 23.9 Å². The van der Waals surface area contributed by atoms with E-state index in [-0.39, 0.29) is 5.91 Å². The fraction of sp³-hybridized carbons (Fsp3) is 0.118. The highest BCUT2D eigenvalue weighted by Gasteiger charge is 2.21. The van der Waals surface area contributed by atoms with Gasteiger partial charge in [0.25, 0.3) is 0 Å².